The lowest BCUT2D eigenvalue weighted by molar-refractivity contribution is -0.119. The number of nitrogens with one attached hydrogen (secondary N) is 1. The largest absolute Gasteiger partial charge is 0.452 e. The van der Waals surface area contributed by atoms with Crippen LogP contribution in [-0.4, -0.2) is 54.5 Å². The minimum Gasteiger partial charge on any atom is -0.452 e. The Kier molecular flexibility index (Phi) is 6.05. The van der Waals surface area contributed by atoms with Crippen LogP contribution in [0.25, 0.3) is 0 Å². The molecule has 0 unspecified atom stereocenters. The lowest BCUT2D eigenvalue weighted by Crippen LogP contribution is -2.36. The fourth-order valence-corrected chi connectivity index (χ4v) is 3.86. The van der Waals surface area contributed by atoms with Gasteiger partial charge >= 0.3 is 5.97 Å². The molecule has 4 rings (SSSR count). The van der Waals surface area contributed by atoms with Crippen LogP contribution in [0.15, 0.2) is 36.4 Å². The highest BCUT2D eigenvalue weighted by atomic mass is 16.5. The molecule has 0 saturated carbocycles. The summed E-state index contributed by atoms with van der Waals surface area (Å²) in [5, 5.41) is 2.72. The van der Waals surface area contributed by atoms with Crippen LogP contribution in [0, 0.1) is 13.8 Å². The number of ether oxygens (including phenoxy) is 2. The fourth-order valence-electron chi connectivity index (χ4n) is 3.86. The first kappa shape index (κ1) is 21.7. The van der Waals surface area contributed by atoms with Gasteiger partial charge in [-0.3, -0.25) is 19.3 Å². The summed E-state index contributed by atoms with van der Waals surface area (Å²) in [4.78, 5) is 51.1. The van der Waals surface area contributed by atoms with Crippen molar-refractivity contribution in [1.29, 1.82) is 0 Å². The van der Waals surface area contributed by atoms with Gasteiger partial charge in [-0.2, -0.15) is 0 Å². The van der Waals surface area contributed by atoms with Gasteiger partial charge in [-0.1, -0.05) is 12.1 Å². The average molecular weight is 436 g/mol. The molecule has 2 aromatic carbocycles. The minimum absolute atomic E-state index is 0.100. The van der Waals surface area contributed by atoms with E-state index in [2.05, 4.69) is 5.32 Å². The van der Waals surface area contributed by atoms with Crippen molar-refractivity contribution in [3.8, 4) is 0 Å². The number of benzene rings is 2. The molecule has 32 heavy (non-hydrogen) atoms. The van der Waals surface area contributed by atoms with Gasteiger partial charge in [0.15, 0.2) is 6.61 Å². The molecule has 166 valence electrons. The van der Waals surface area contributed by atoms with Gasteiger partial charge in [-0.25, -0.2) is 4.79 Å². The first-order valence-corrected chi connectivity index (χ1v) is 10.5. The zero-order valence-electron chi connectivity index (χ0n) is 18.0. The van der Waals surface area contributed by atoms with Crippen molar-refractivity contribution >= 4 is 29.4 Å². The number of carbonyl (C=O) groups is 4. The summed E-state index contributed by atoms with van der Waals surface area (Å²) in [7, 11) is 0. The van der Waals surface area contributed by atoms with Crippen molar-refractivity contribution in [1.82, 2.24) is 4.90 Å². The van der Waals surface area contributed by atoms with Crippen LogP contribution in [0.5, 0.6) is 0 Å². The molecule has 8 nitrogen and oxygen atoms in total. The summed E-state index contributed by atoms with van der Waals surface area (Å²) in [5.41, 5.74) is 3.12. The summed E-state index contributed by atoms with van der Waals surface area (Å²) >= 11 is 0. The van der Waals surface area contributed by atoms with Crippen molar-refractivity contribution in [2.45, 2.75) is 32.8 Å². The molecule has 2 aliphatic rings. The number of esters is 1. The third kappa shape index (κ3) is 4.27. The molecular weight excluding hydrogens is 412 g/mol. The standard InChI is InChI=1S/C24H24N2O6/c1-14-5-3-7-20(15(14)2)25-21(27)13-32-24(30)16-8-9-18-19(11-16)23(29)26(22(18)28)12-17-6-4-10-31-17/h3,5,7-9,11,17H,4,6,10,12-13H2,1-2H3,(H,25,27)/t17-/m1/s1. The Morgan fingerprint density at radius 1 is 1.12 bits per heavy atom. The van der Waals surface area contributed by atoms with E-state index in [0.29, 0.717) is 12.3 Å². The molecule has 1 fully saturated rings. The van der Waals surface area contributed by atoms with Crippen LogP contribution in [0.2, 0.25) is 0 Å². The Morgan fingerprint density at radius 3 is 2.66 bits per heavy atom. The summed E-state index contributed by atoms with van der Waals surface area (Å²) in [6, 6.07) is 9.74. The van der Waals surface area contributed by atoms with Crippen LogP contribution < -0.4 is 5.32 Å². The van der Waals surface area contributed by atoms with E-state index in [0.717, 1.165) is 28.9 Å². The van der Waals surface area contributed by atoms with Crippen LogP contribution >= 0.6 is 0 Å². The molecule has 3 amide bonds. The Balaban J connectivity index is 1.39. The lowest BCUT2D eigenvalue weighted by Gasteiger charge is -2.17. The smallest absolute Gasteiger partial charge is 0.338 e. The summed E-state index contributed by atoms with van der Waals surface area (Å²) in [5.74, 6) is -2.07. The Hall–Kier alpha value is -3.52. The van der Waals surface area contributed by atoms with Gasteiger partial charge in [-0.05, 0) is 62.1 Å². The van der Waals surface area contributed by atoms with Gasteiger partial charge in [0.2, 0.25) is 0 Å². The van der Waals surface area contributed by atoms with E-state index in [1.54, 1.807) is 6.07 Å². The molecule has 0 aromatic heterocycles. The van der Waals surface area contributed by atoms with Gasteiger partial charge in [0.1, 0.15) is 0 Å². The van der Waals surface area contributed by atoms with Gasteiger partial charge in [-0.15, -0.1) is 0 Å². The summed E-state index contributed by atoms with van der Waals surface area (Å²) < 4.78 is 10.6. The van der Waals surface area contributed by atoms with Crippen molar-refractivity contribution < 1.29 is 28.7 Å². The molecule has 1 N–H and O–H groups in total. The molecule has 2 aromatic rings. The predicted molar refractivity (Wildman–Crippen MR) is 116 cm³/mol. The van der Waals surface area contributed by atoms with Crippen LogP contribution in [0.1, 0.15) is 55.0 Å². The number of amides is 3. The molecule has 1 saturated heterocycles. The molecule has 0 spiro atoms. The summed E-state index contributed by atoms with van der Waals surface area (Å²) in [6.45, 7) is 4.18. The van der Waals surface area contributed by atoms with Crippen molar-refractivity contribution in [3.05, 3.63) is 64.2 Å². The maximum atomic E-state index is 12.7. The normalized spacial score (nSPS) is 17.4. The first-order valence-electron chi connectivity index (χ1n) is 10.5. The van der Waals surface area contributed by atoms with E-state index in [4.69, 9.17) is 9.47 Å². The second-order valence-electron chi connectivity index (χ2n) is 7.99. The Morgan fingerprint density at radius 2 is 1.91 bits per heavy atom. The number of nitrogens with zero attached hydrogens (tertiary/aromatic N) is 1. The second kappa shape index (κ2) is 8.92. The number of hydrogen-bond acceptors (Lipinski definition) is 6. The topological polar surface area (TPSA) is 102 Å². The molecule has 0 aliphatic carbocycles. The van der Waals surface area contributed by atoms with E-state index in [-0.39, 0.29) is 29.3 Å². The Labute approximate surface area is 185 Å². The van der Waals surface area contributed by atoms with Crippen molar-refractivity contribution in [3.63, 3.8) is 0 Å². The van der Waals surface area contributed by atoms with Crippen LogP contribution in [-0.2, 0) is 14.3 Å². The number of anilines is 1. The maximum absolute atomic E-state index is 12.7. The number of carbonyl (C=O) groups excluding carboxylic acids is 4. The maximum Gasteiger partial charge on any atom is 0.338 e. The zero-order valence-corrected chi connectivity index (χ0v) is 18.0. The number of fused-ring (bicyclic) bond motifs is 1. The van der Waals surface area contributed by atoms with E-state index >= 15 is 0 Å². The van der Waals surface area contributed by atoms with E-state index in [1.807, 2.05) is 26.0 Å². The van der Waals surface area contributed by atoms with Gasteiger partial charge < -0.3 is 14.8 Å². The van der Waals surface area contributed by atoms with Gasteiger partial charge in [0, 0.05) is 12.3 Å². The molecule has 2 aliphatic heterocycles. The molecular formula is C24H24N2O6. The monoisotopic (exact) mass is 436 g/mol. The highest BCUT2D eigenvalue weighted by Gasteiger charge is 2.38. The van der Waals surface area contributed by atoms with Gasteiger partial charge in [0.05, 0.1) is 29.3 Å². The zero-order chi connectivity index (χ0) is 22.8. The van der Waals surface area contributed by atoms with Crippen LogP contribution in [0.4, 0.5) is 5.69 Å². The van der Waals surface area contributed by atoms with Gasteiger partial charge in [0.25, 0.3) is 17.7 Å². The van der Waals surface area contributed by atoms with Crippen molar-refractivity contribution in [2.75, 3.05) is 25.1 Å². The van der Waals surface area contributed by atoms with Crippen molar-refractivity contribution in [2.24, 2.45) is 0 Å². The Bertz CT molecular complexity index is 1100. The highest BCUT2D eigenvalue weighted by molar-refractivity contribution is 6.22. The number of imide groups is 1. The number of rotatable bonds is 6. The fraction of sp³-hybridized carbons (Fsp3) is 0.333. The SMILES string of the molecule is Cc1cccc(NC(=O)COC(=O)c2ccc3c(c2)C(=O)N(C[C@H]2CCCO2)C3=O)c1C. The first-order chi connectivity index (χ1) is 15.3. The second-order valence-corrected chi connectivity index (χ2v) is 7.99. The molecule has 1 atom stereocenters. The highest BCUT2D eigenvalue weighted by Crippen LogP contribution is 2.26. The van der Waals surface area contributed by atoms with E-state index in [1.165, 1.54) is 18.2 Å². The lowest BCUT2D eigenvalue weighted by atomic mass is 10.1. The van der Waals surface area contributed by atoms with Crippen LogP contribution in [0.3, 0.4) is 0 Å². The molecule has 2 heterocycles. The molecule has 0 bridgehead atoms. The third-order valence-corrected chi connectivity index (χ3v) is 5.83. The number of aryl methyl sites for hydroxylation is 1. The molecule has 0 radical (unpaired) electrons. The number of hydrogen-bond donors (Lipinski definition) is 1. The quantitative estimate of drug-likeness (QED) is 0.552. The van der Waals surface area contributed by atoms with E-state index in [9.17, 15) is 19.2 Å². The van der Waals surface area contributed by atoms with E-state index < -0.39 is 30.3 Å². The minimum atomic E-state index is -0.748. The summed E-state index contributed by atoms with van der Waals surface area (Å²) in [6.07, 6.45) is 1.55. The average Bonchev–Trinajstić information content (AvgIpc) is 3.38. The molecule has 8 heteroatoms. The predicted octanol–water partition coefficient (Wildman–Crippen LogP) is 2.87. The third-order valence-electron chi connectivity index (χ3n) is 5.83.